The molecule has 2 atom stereocenters. The second-order valence-electron chi connectivity index (χ2n) is 0.889. The van der Waals surface area contributed by atoms with Crippen LogP contribution in [0.5, 0.6) is 0 Å². The van der Waals surface area contributed by atoms with E-state index in [1.54, 1.807) is 0 Å². The number of alkyl halides is 2. The SMILES string of the molecule is NC(Cl)C(N)Cl.[Na+]. The second-order valence-corrected chi connectivity index (χ2v) is 1.90. The van der Waals surface area contributed by atoms with Gasteiger partial charge in [0.25, 0.3) is 0 Å². The Bertz CT molecular complexity index is 34.7. The Labute approximate surface area is 74.8 Å². The van der Waals surface area contributed by atoms with Crippen molar-refractivity contribution in [3.05, 3.63) is 0 Å². The Morgan fingerprint density at radius 3 is 1.14 bits per heavy atom. The molecule has 0 saturated carbocycles. The first-order chi connectivity index (χ1) is 2.64. The van der Waals surface area contributed by atoms with Gasteiger partial charge in [-0.05, 0) is 0 Å². The zero-order valence-corrected chi connectivity index (χ0v) is 7.58. The molecule has 0 spiro atoms. The predicted molar refractivity (Wildman–Crippen MR) is 27.7 cm³/mol. The molecule has 0 saturated heterocycles. The Kier molecular flexibility index (Phi) is 9.11. The molecule has 5 heteroatoms. The summed E-state index contributed by atoms with van der Waals surface area (Å²) in [6, 6.07) is 0. The Morgan fingerprint density at radius 1 is 1.00 bits per heavy atom. The van der Waals surface area contributed by atoms with E-state index in [1.807, 2.05) is 0 Å². The van der Waals surface area contributed by atoms with E-state index in [0.717, 1.165) is 0 Å². The van der Waals surface area contributed by atoms with Gasteiger partial charge in [-0.1, -0.05) is 0 Å². The minimum atomic E-state index is -0.633. The first-order valence-corrected chi connectivity index (χ1v) is 2.31. The summed E-state index contributed by atoms with van der Waals surface area (Å²) in [5.74, 6) is 0. The van der Waals surface area contributed by atoms with Crippen molar-refractivity contribution in [1.82, 2.24) is 0 Å². The summed E-state index contributed by atoms with van der Waals surface area (Å²) in [4.78, 5) is 0. The third-order valence-electron chi connectivity index (χ3n) is 0.304. The normalized spacial score (nSPS) is 17.1. The summed E-state index contributed by atoms with van der Waals surface area (Å²) in [6.45, 7) is 0. The second kappa shape index (κ2) is 5.63. The molecule has 0 amide bonds. The van der Waals surface area contributed by atoms with Crippen LogP contribution in [0.3, 0.4) is 0 Å². The predicted octanol–water partition coefficient (Wildman–Crippen LogP) is -2.96. The average molecular weight is 152 g/mol. The number of halogens is 2. The summed E-state index contributed by atoms with van der Waals surface area (Å²) in [6.07, 6.45) is 0. The monoisotopic (exact) mass is 151 g/mol. The average Bonchev–Trinajstić information content (AvgIpc) is 1.36. The van der Waals surface area contributed by atoms with Gasteiger partial charge in [-0.15, -0.1) is 23.2 Å². The number of nitrogens with two attached hydrogens (primary N) is 2. The molecule has 0 aliphatic carbocycles. The van der Waals surface area contributed by atoms with Gasteiger partial charge >= 0.3 is 29.6 Å². The van der Waals surface area contributed by atoms with Gasteiger partial charge in [-0.3, -0.25) is 0 Å². The Hall–Kier alpha value is 1.50. The van der Waals surface area contributed by atoms with Crippen LogP contribution >= 0.6 is 23.2 Å². The van der Waals surface area contributed by atoms with Crippen LogP contribution in [0.25, 0.3) is 0 Å². The number of rotatable bonds is 1. The van der Waals surface area contributed by atoms with Gasteiger partial charge in [-0.25, -0.2) is 0 Å². The molecule has 2 nitrogen and oxygen atoms in total. The molecule has 0 fully saturated rings. The Morgan fingerprint density at radius 2 is 1.14 bits per heavy atom. The van der Waals surface area contributed by atoms with Crippen LogP contribution in [0.1, 0.15) is 0 Å². The summed E-state index contributed by atoms with van der Waals surface area (Å²) in [5.41, 5.74) is 8.62. The van der Waals surface area contributed by atoms with Crippen LogP contribution in [0, 0.1) is 0 Å². The standard InChI is InChI=1S/C2H6Cl2N2.Na/c3-1(5)2(4)6;/h1-2H,5-6H2;/q;+1. The smallest absolute Gasteiger partial charge is 0.313 e. The first-order valence-electron chi connectivity index (χ1n) is 1.44. The Balaban J connectivity index is 0. The molecule has 0 radical (unpaired) electrons. The fourth-order valence-electron chi connectivity index (χ4n) is 0. The van der Waals surface area contributed by atoms with E-state index in [-0.39, 0.29) is 29.6 Å². The van der Waals surface area contributed by atoms with Crippen molar-refractivity contribution in [1.29, 1.82) is 0 Å². The maximum absolute atomic E-state index is 5.13. The van der Waals surface area contributed by atoms with Gasteiger partial charge in [0, 0.05) is 0 Å². The maximum Gasteiger partial charge on any atom is 1.00 e. The zero-order valence-electron chi connectivity index (χ0n) is 4.07. The molecule has 0 aliphatic heterocycles. The third-order valence-corrected chi connectivity index (χ3v) is 0.976. The molecule has 0 aromatic heterocycles. The number of hydrogen-bond acceptors (Lipinski definition) is 2. The van der Waals surface area contributed by atoms with Crippen molar-refractivity contribution < 1.29 is 29.6 Å². The molecule has 38 valence electrons. The van der Waals surface area contributed by atoms with Crippen LogP contribution in [-0.4, -0.2) is 11.0 Å². The van der Waals surface area contributed by atoms with Gasteiger partial charge in [0.1, 0.15) is 11.0 Å². The fraction of sp³-hybridized carbons (Fsp3) is 1.00. The van der Waals surface area contributed by atoms with E-state index in [1.165, 1.54) is 0 Å². The van der Waals surface area contributed by atoms with Crippen LogP contribution in [0.2, 0.25) is 0 Å². The summed E-state index contributed by atoms with van der Waals surface area (Å²) in [5, 5.41) is 0. The maximum atomic E-state index is 5.13. The number of hydrogen-bond donors (Lipinski definition) is 2. The molecule has 0 aliphatic rings. The van der Waals surface area contributed by atoms with Gasteiger partial charge in [0.05, 0.1) is 0 Å². The molecular weight excluding hydrogens is 146 g/mol. The summed E-state index contributed by atoms with van der Waals surface area (Å²) in [7, 11) is 0. The van der Waals surface area contributed by atoms with E-state index in [9.17, 15) is 0 Å². The van der Waals surface area contributed by atoms with E-state index < -0.39 is 11.0 Å². The van der Waals surface area contributed by atoms with Crippen molar-refractivity contribution in [2.45, 2.75) is 11.0 Å². The van der Waals surface area contributed by atoms with Gasteiger partial charge in [-0.2, -0.15) is 0 Å². The topological polar surface area (TPSA) is 52.0 Å². The van der Waals surface area contributed by atoms with Crippen LogP contribution in [-0.2, 0) is 0 Å². The van der Waals surface area contributed by atoms with E-state index in [4.69, 9.17) is 34.7 Å². The molecule has 2 unspecified atom stereocenters. The summed E-state index contributed by atoms with van der Waals surface area (Å²) < 4.78 is 0. The summed E-state index contributed by atoms with van der Waals surface area (Å²) >= 11 is 10.3. The van der Waals surface area contributed by atoms with Crippen molar-refractivity contribution in [2.75, 3.05) is 0 Å². The minimum absolute atomic E-state index is 0. The first kappa shape index (κ1) is 11.3. The van der Waals surface area contributed by atoms with Crippen molar-refractivity contribution in [2.24, 2.45) is 11.5 Å². The third kappa shape index (κ3) is 7.50. The zero-order chi connectivity index (χ0) is 5.15. The largest absolute Gasteiger partial charge is 1.00 e. The molecule has 4 N–H and O–H groups in total. The van der Waals surface area contributed by atoms with E-state index in [0.29, 0.717) is 0 Å². The molecule has 7 heavy (non-hydrogen) atoms. The molecule has 0 aromatic rings. The van der Waals surface area contributed by atoms with Gasteiger partial charge in [0.15, 0.2) is 0 Å². The van der Waals surface area contributed by atoms with Crippen molar-refractivity contribution in [3.8, 4) is 0 Å². The van der Waals surface area contributed by atoms with Crippen LogP contribution in [0.4, 0.5) is 0 Å². The molecule has 0 aromatic carbocycles. The van der Waals surface area contributed by atoms with Crippen molar-refractivity contribution >= 4 is 23.2 Å². The van der Waals surface area contributed by atoms with E-state index in [2.05, 4.69) is 0 Å². The molecule has 0 rings (SSSR count). The fourth-order valence-corrected chi connectivity index (χ4v) is 0. The van der Waals surface area contributed by atoms with Crippen LogP contribution < -0.4 is 41.0 Å². The van der Waals surface area contributed by atoms with E-state index >= 15 is 0 Å². The minimum Gasteiger partial charge on any atom is -0.313 e. The molecule has 0 heterocycles. The molecular formula is C2H6Cl2N2Na+. The van der Waals surface area contributed by atoms with Gasteiger partial charge < -0.3 is 11.5 Å². The van der Waals surface area contributed by atoms with Crippen LogP contribution in [0.15, 0.2) is 0 Å². The quantitative estimate of drug-likeness (QED) is 0.239. The van der Waals surface area contributed by atoms with Gasteiger partial charge in [0.2, 0.25) is 0 Å². The molecule has 0 bridgehead atoms. The van der Waals surface area contributed by atoms with Crippen molar-refractivity contribution in [3.63, 3.8) is 0 Å².